The quantitative estimate of drug-likeness (QED) is 0.830. The van der Waals surface area contributed by atoms with Crippen LogP contribution in [0.1, 0.15) is 42.1 Å². The molecular formula is C15H22N2O. The first-order valence-electron chi connectivity index (χ1n) is 6.77. The SMILES string of the molecule is CCN(CC1CCC1)C(=O)c1c(C)cccc1N. The van der Waals surface area contributed by atoms with E-state index in [0.717, 1.165) is 18.7 Å². The highest BCUT2D eigenvalue weighted by atomic mass is 16.2. The van der Waals surface area contributed by atoms with Gasteiger partial charge in [-0.2, -0.15) is 0 Å². The summed E-state index contributed by atoms with van der Waals surface area (Å²) < 4.78 is 0. The highest BCUT2D eigenvalue weighted by Gasteiger charge is 2.25. The van der Waals surface area contributed by atoms with Crippen LogP contribution in [-0.2, 0) is 0 Å². The number of hydrogen-bond acceptors (Lipinski definition) is 2. The number of rotatable bonds is 4. The van der Waals surface area contributed by atoms with Gasteiger partial charge in [0.15, 0.2) is 0 Å². The fraction of sp³-hybridized carbons (Fsp3) is 0.533. The van der Waals surface area contributed by atoms with Crippen LogP contribution in [0.5, 0.6) is 0 Å². The molecule has 98 valence electrons. The van der Waals surface area contributed by atoms with Crippen molar-refractivity contribution in [3.63, 3.8) is 0 Å². The number of carbonyl (C=O) groups is 1. The van der Waals surface area contributed by atoms with Crippen LogP contribution in [0, 0.1) is 12.8 Å². The van der Waals surface area contributed by atoms with Gasteiger partial charge in [0.2, 0.25) is 0 Å². The van der Waals surface area contributed by atoms with Crippen molar-refractivity contribution in [1.29, 1.82) is 0 Å². The Balaban J connectivity index is 2.17. The lowest BCUT2D eigenvalue weighted by atomic mass is 9.85. The van der Waals surface area contributed by atoms with E-state index in [2.05, 4.69) is 0 Å². The van der Waals surface area contributed by atoms with Crippen molar-refractivity contribution in [2.75, 3.05) is 18.8 Å². The lowest BCUT2D eigenvalue weighted by molar-refractivity contribution is 0.0707. The molecule has 0 atom stereocenters. The molecule has 1 aromatic rings. The van der Waals surface area contributed by atoms with Crippen LogP contribution < -0.4 is 5.73 Å². The number of carbonyl (C=O) groups excluding carboxylic acids is 1. The Hall–Kier alpha value is -1.51. The monoisotopic (exact) mass is 246 g/mol. The highest BCUT2D eigenvalue weighted by Crippen LogP contribution is 2.28. The first kappa shape index (κ1) is 12.9. The van der Waals surface area contributed by atoms with Crippen LogP contribution >= 0.6 is 0 Å². The third kappa shape index (κ3) is 2.50. The summed E-state index contributed by atoms with van der Waals surface area (Å²) >= 11 is 0. The van der Waals surface area contributed by atoms with Gasteiger partial charge in [-0.05, 0) is 44.2 Å². The molecule has 0 bridgehead atoms. The maximum absolute atomic E-state index is 12.5. The Bertz CT molecular complexity index is 418. The molecule has 1 saturated carbocycles. The predicted molar refractivity (Wildman–Crippen MR) is 74.5 cm³/mol. The van der Waals surface area contributed by atoms with Crippen LogP contribution in [0.3, 0.4) is 0 Å². The standard InChI is InChI=1S/C15H22N2O/c1-3-17(10-12-7-5-8-12)15(18)14-11(2)6-4-9-13(14)16/h4,6,9,12H,3,5,7-8,10,16H2,1-2H3. The number of hydrogen-bond donors (Lipinski definition) is 1. The number of amides is 1. The fourth-order valence-electron chi connectivity index (χ4n) is 2.48. The number of anilines is 1. The van der Waals surface area contributed by atoms with Crippen LogP contribution in [0.25, 0.3) is 0 Å². The third-order valence-electron chi connectivity index (χ3n) is 3.89. The lowest BCUT2D eigenvalue weighted by Gasteiger charge is -2.32. The minimum atomic E-state index is 0.0833. The summed E-state index contributed by atoms with van der Waals surface area (Å²) in [6.07, 6.45) is 3.82. The predicted octanol–water partition coefficient (Wildman–Crippen LogP) is 2.84. The smallest absolute Gasteiger partial charge is 0.256 e. The topological polar surface area (TPSA) is 46.3 Å². The summed E-state index contributed by atoms with van der Waals surface area (Å²) in [5.74, 6) is 0.777. The van der Waals surface area contributed by atoms with Gasteiger partial charge >= 0.3 is 0 Å². The third-order valence-corrected chi connectivity index (χ3v) is 3.89. The molecule has 0 unspecified atom stereocenters. The van der Waals surface area contributed by atoms with Crippen molar-refractivity contribution in [3.8, 4) is 0 Å². The molecule has 0 aromatic heterocycles. The van der Waals surface area contributed by atoms with Crippen molar-refractivity contribution >= 4 is 11.6 Å². The van der Waals surface area contributed by atoms with E-state index in [1.165, 1.54) is 19.3 Å². The summed E-state index contributed by atoms with van der Waals surface area (Å²) in [6, 6.07) is 5.64. The minimum absolute atomic E-state index is 0.0833. The second kappa shape index (κ2) is 5.42. The van der Waals surface area contributed by atoms with E-state index >= 15 is 0 Å². The molecule has 2 rings (SSSR count). The molecule has 0 saturated heterocycles. The maximum atomic E-state index is 12.5. The van der Waals surface area contributed by atoms with Gasteiger partial charge in [-0.15, -0.1) is 0 Å². The number of nitrogen functional groups attached to an aromatic ring is 1. The van der Waals surface area contributed by atoms with Crippen LogP contribution in [-0.4, -0.2) is 23.9 Å². The molecule has 1 aliphatic carbocycles. The fourth-order valence-corrected chi connectivity index (χ4v) is 2.48. The molecule has 0 aliphatic heterocycles. The molecule has 1 fully saturated rings. The van der Waals surface area contributed by atoms with Crippen LogP contribution in [0.2, 0.25) is 0 Å². The van der Waals surface area contributed by atoms with Crippen molar-refractivity contribution in [3.05, 3.63) is 29.3 Å². The molecule has 3 nitrogen and oxygen atoms in total. The van der Waals surface area contributed by atoms with Crippen molar-refractivity contribution in [1.82, 2.24) is 4.90 Å². The summed E-state index contributed by atoms with van der Waals surface area (Å²) in [6.45, 7) is 5.61. The Morgan fingerprint density at radius 2 is 2.17 bits per heavy atom. The minimum Gasteiger partial charge on any atom is -0.398 e. The van der Waals surface area contributed by atoms with Gasteiger partial charge in [-0.3, -0.25) is 4.79 Å². The van der Waals surface area contributed by atoms with Crippen LogP contribution in [0.15, 0.2) is 18.2 Å². The lowest BCUT2D eigenvalue weighted by Crippen LogP contribution is -2.37. The van der Waals surface area contributed by atoms with Crippen molar-refractivity contribution in [2.24, 2.45) is 5.92 Å². The zero-order valence-corrected chi connectivity index (χ0v) is 11.3. The molecule has 18 heavy (non-hydrogen) atoms. The molecule has 1 amide bonds. The van der Waals surface area contributed by atoms with Gasteiger partial charge in [0, 0.05) is 18.8 Å². The Kier molecular flexibility index (Phi) is 3.90. The van der Waals surface area contributed by atoms with Crippen molar-refractivity contribution < 1.29 is 4.79 Å². The van der Waals surface area contributed by atoms with Gasteiger partial charge in [0.1, 0.15) is 0 Å². The molecule has 0 heterocycles. The molecule has 3 heteroatoms. The number of benzene rings is 1. The zero-order valence-electron chi connectivity index (χ0n) is 11.3. The van der Waals surface area contributed by atoms with E-state index in [1.807, 2.05) is 30.9 Å². The highest BCUT2D eigenvalue weighted by molar-refractivity contribution is 6.00. The number of nitrogens with zero attached hydrogens (tertiary/aromatic N) is 1. The van der Waals surface area contributed by atoms with Gasteiger partial charge < -0.3 is 10.6 Å². The summed E-state index contributed by atoms with van der Waals surface area (Å²) in [5.41, 5.74) is 8.18. The van der Waals surface area contributed by atoms with E-state index in [-0.39, 0.29) is 5.91 Å². The second-order valence-corrected chi connectivity index (χ2v) is 5.18. The number of aryl methyl sites for hydroxylation is 1. The largest absolute Gasteiger partial charge is 0.398 e. The molecular weight excluding hydrogens is 224 g/mol. The van der Waals surface area contributed by atoms with E-state index in [4.69, 9.17) is 5.73 Å². The van der Waals surface area contributed by atoms with Gasteiger partial charge in [0.25, 0.3) is 5.91 Å². The molecule has 1 aliphatic rings. The number of nitrogens with two attached hydrogens (primary N) is 1. The molecule has 0 radical (unpaired) electrons. The first-order chi connectivity index (χ1) is 8.63. The Labute approximate surface area is 109 Å². The van der Waals surface area contributed by atoms with Gasteiger partial charge in [-0.1, -0.05) is 18.6 Å². The molecule has 0 spiro atoms. The normalized spacial score (nSPS) is 15.2. The average molecular weight is 246 g/mol. The maximum Gasteiger partial charge on any atom is 0.256 e. The van der Waals surface area contributed by atoms with E-state index in [1.54, 1.807) is 6.07 Å². The van der Waals surface area contributed by atoms with Crippen LogP contribution in [0.4, 0.5) is 5.69 Å². The Morgan fingerprint density at radius 3 is 2.67 bits per heavy atom. The van der Waals surface area contributed by atoms with Gasteiger partial charge in [-0.25, -0.2) is 0 Å². The summed E-state index contributed by atoms with van der Waals surface area (Å²) in [5, 5.41) is 0. The zero-order chi connectivity index (χ0) is 13.1. The first-order valence-corrected chi connectivity index (χ1v) is 6.77. The summed E-state index contributed by atoms with van der Waals surface area (Å²) in [7, 11) is 0. The van der Waals surface area contributed by atoms with E-state index in [0.29, 0.717) is 17.2 Å². The summed E-state index contributed by atoms with van der Waals surface area (Å²) in [4.78, 5) is 14.5. The molecule has 1 aromatic carbocycles. The van der Waals surface area contributed by atoms with E-state index < -0.39 is 0 Å². The van der Waals surface area contributed by atoms with Gasteiger partial charge in [0.05, 0.1) is 5.56 Å². The second-order valence-electron chi connectivity index (χ2n) is 5.18. The van der Waals surface area contributed by atoms with E-state index in [9.17, 15) is 4.79 Å². The van der Waals surface area contributed by atoms with Crippen molar-refractivity contribution in [2.45, 2.75) is 33.1 Å². The molecule has 2 N–H and O–H groups in total. The average Bonchev–Trinajstić information content (AvgIpc) is 2.27. The Morgan fingerprint density at radius 1 is 1.44 bits per heavy atom.